The number of hydrogen-bond donors (Lipinski definition) is 0. The van der Waals surface area contributed by atoms with Crippen LogP contribution in [0.2, 0.25) is 0 Å². The summed E-state index contributed by atoms with van der Waals surface area (Å²) in [6.45, 7) is 9.79. The number of aromatic nitrogens is 2. The molecule has 0 aliphatic carbocycles. The summed E-state index contributed by atoms with van der Waals surface area (Å²) in [4.78, 5) is 26.0. The maximum atomic E-state index is 14.1. The Morgan fingerprint density at radius 2 is 1.56 bits per heavy atom. The lowest BCUT2D eigenvalue weighted by Crippen LogP contribution is -2.48. The predicted octanol–water partition coefficient (Wildman–Crippen LogP) is 4.68. The maximum Gasteiger partial charge on any atom is 0.264 e. The molecule has 36 heavy (non-hydrogen) atoms. The van der Waals surface area contributed by atoms with E-state index in [1.807, 2.05) is 22.8 Å². The summed E-state index contributed by atoms with van der Waals surface area (Å²) in [7, 11) is 0. The van der Waals surface area contributed by atoms with E-state index in [0.717, 1.165) is 71.3 Å². The van der Waals surface area contributed by atoms with E-state index in [1.165, 1.54) is 5.56 Å². The van der Waals surface area contributed by atoms with E-state index in [1.54, 1.807) is 11.3 Å². The summed E-state index contributed by atoms with van der Waals surface area (Å²) in [5, 5.41) is 0.786. The van der Waals surface area contributed by atoms with Crippen LogP contribution in [0.15, 0.2) is 65.5 Å². The molecule has 2 aliphatic rings. The molecule has 7 heteroatoms. The number of benzene rings is 2. The largest absolute Gasteiger partial charge is 0.370 e. The normalized spacial score (nSPS) is 17.9. The summed E-state index contributed by atoms with van der Waals surface area (Å²) in [5.41, 5.74) is 3.37. The van der Waals surface area contributed by atoms with Crippen molar-refractivity contribution in [3.8, 4) is 0 Å². The molecular formula is C29H32N4O2S. The molecule has 1 saturated heterocycles. The molecule has 0 saturated carbocycles. The quantitative estimate of drug-likeness (QED) is 0.398. The van der Waals surface area contributed by atoms with Crippen LogP contribution < -0.4 is 10.5 Å². The zero-order chi connectivity index (χ0) is 24.7. The van der Waals surface area contributed by atoms with Gasteiger partial charge >= 0.3 is 0 Å². The van der Waals surface area contributed by atoms with Gasteiger partial charge in [-0.05, 0) is 30.5 Å². The van der Waals surface area contributed by atoms with E-state index in [-0.39, 0.29) is 11.2 Å². The molecule has 0 radical (unpaired) electrons. The highest BCUT2D eigenvalue weighted by molar-refractivity contribution is 7.18. The molecule has 2 aliphatic heterocycles. The van der Waals surface area contributed by atoms with Gasteiger partial charge in [0.1, 0.15) is 4.83 Å². The van der Waals surface area contributed by atoms with Crippen molar-refractivity contribution in [2.45, 2.75) is 45.6 Å². The van der Waals surface area contributed by atoms with Crippen molar-refractivity contribution < 1.29 is 4.74 Å². The average Bonchev–Trinajstić information content (AvgIpc) is 3.24. The fraction of sp³-hybridized carbons (Fsp3) is 0.379. The van der Waals surface area contributed by atoms with Gasteiger partial charge in [0, 0.05) is 44.0 Å². The molecule has 6 rings (SSSR count). The zero-order valence-electron chi connectivity index (χ0n) is 20.9. The molecule has 6 nitrogen and oxygen atoms in total. The van der Waals surface area contributed by atoms with E-state index in [2.05, 4.69) is 66.1 Å². The Labute approximate surface area is 215 Å². The van der Waals surface area contributed by atoms with E-state index < -0.39 is 0 Å². The second kappa shape index (κ2) is 9.47. The number of anilines is 1. The highest BCUT2D eigenvalue weighted by Crippen LogP contribution is 2.37. The van der Waals surface area contributed by atoms with Crippen molar-refractivity contribution in [3.05, 3.63) is 92.6 Å². The number of hydrogen-bond acceptors (Lipinski definition) is 6. The molecule has 2 aromatic carbocycles. The monoisotopic (exact) mass is 500 g/mol. The van der Waals surface area contributed by atoms with Crippen LogP contribution >= 0.6 is 11.3 Å². The molecule has 0 unspecified atom stereocenters. The third-order valence-electron chi connectivity index (χ3n) is 7.26. The second-order valence-electron chi connectivity index (χ2n) is 10.4. The minimum atomic E-state index is -0.272. The van der Waals surface area contributed by atoms with Gasteiger partial charge in [-0.3, -0.25) is 14.3 Å². The number of rotatable bonds is 5. The highest BCUT2D eigenvalue weighted by atomic mass is 32.1. The van der Waals surface area contributed by atoms with E-state index >= 15 is 0 Å². The number of piperazine rings is 1. The molecule has 0 atom stereocenters. The van der Waals surface area contributed by atoms with Gasteiger partial charge in [0.2, 0.25) is 5.95 Å². The smallest absolute Gasteiger partial charge is 0.264 e. The minimum Gasteiger partial charge on any atom is -0.370 e. The molecular weight excluding hydrogens is 468 g/mol. The summed E-state index contributed by atoms with van der Waals surface area (Å²) < 4.78 is 7.95. The van der Waals surface area contributed by atoms with Crippen LogP contribution in [0, 0.1) is 0 Å². The molecule has 0 spiro atoms. The van der Waals surface area contributed by atoms with Gasteiger partial charge in [-0.15, -0.1) is 11.3 Å². The SMILES string of the molecule is CC1(C)Cc2c(sc3nc(N4CCN(Cc5ccccc5)CC4)n(Cc4ccccc4)c(=O)c23)CO1. The summed E-state index contributed by atoms with van der Waals surface area (Å²) in [5.74, 6) is 0.787. The van der Waals surface area contributed by atoms with Crippen molar-refractivity contribution in [1.29, 1.82) is 0 Å². The van der Waals surface area contributed by atoms with Crippen LogP contribution in [0.1, 0.15) is 35.4 Å². The van der Waals surface area contributed by atoms with Crippen LogP contribution in [0.3, 0.4) is 0 Å². The Bertz CT molecular complexity index is 1420. The van der Waals surface area contributed by atoms with Gasteiger partial charge in [0.05, 0.1) is 24.1 Å². The van der Waals surface area contributed by atoms with Gasteiger partial charge in [0.25, 0.3) is 5.56 Å². The van der Waals surface area contributed by atoms with Crippen molar-refractivity contribution in [2.24, 2.45) is 0 Å². The first kappa shape index (κ1) is 23.4. The second-order valence-corrected chi connectivity index (χ2v) is 11.5. The van der Waals surface area contributed by atoms with Crippen LogP contribution in [-0.4, -0.2) is 46.2 Å². The number of fused-ring (bicyclic) bond motifs is 3. The number of ether oxygens (including phenoxy) is 1. The number of nitrogens with zero attached hydrogens (tertiary/aromatic N) is 4. The molecule has 186 valence electrons. The fourth-order valence-corrected chi connectivity index (χ4v) is 6.40. The first-order valence-electron chi connectivity index (χ1n) is 12.7. The molecule has 1 fully saturated rings. The zero-order valence-corrected chi connectivity index (χ0v) is 21.8. The van der Waals surface area contributed by atoms with Crippen molar-refractivity contribution in [1.82, 2.24) is 14.5 Å². The fourth-order valence-electron chi connectivity index (χ4n) is 5.31. The van der Waals surface area contributed by atoms with Crippen LogP contribution in [-0.2, 0) is 30.9 Å². The van der Waals surface area contributed by atoms with Crippen LogP contribution in [0.5, 0.6) is 0 Å². The van der Waals surface area contributed by atoms with Gasteiger partial charge < -0.3 is 9.64 Å². The lowest BCUT2D eigenvalue weighted by Gasteiger charge is -2.36. The summed E-state index contributed by atoms with van der Waals surface area (Å²) >= 11 is 1.62. The summed E-state index contributed by atoms with van der Waals surface area (Å²) in [6, 6.07) is 20.9. The first-order valence-corrected chi connectivity index (χ1v) is 13.5. The van der Waals surface area contributed by atoms with Crippen LogP contribution in [0.4, 0.5) is 5.95 Å². The Kier molecular flexibility index (Phi) is 6.15. The third-order valence-corrected chi connectivity index (χ3v) is 8.36. The van der Waals surface area contributed by atoms with Crippen LogP contribution in [0.25, 0.3) is 10.2 Å². The topological polar surface area (TPSA) is 50.6 Å². The van der Waals surface area contributed by atoms with E-state index in [4.69, 9.17) is 9.72 Å². The standard InChI is InChI=1S/C29H32N4O2S/c1-29(2)17-23-24(20-35-29)36-26-25(23)27(34)33(19-22-11-7-4-8-12-22)28(30-26)32-15-13-31(14-16-32)18-21-9-5-3-6-10-21/h3-12H,13-20H2,1-2H3. The van der Waals surface area contributed by atoms with Gasteiger partial charge in [-0.25, -0.2) is 4.98 Å². The molecule has 4 aromatic rings. The average molecular weight is 501 g/mol. The molecule has 0 N–H and O–H groups in total. The molecule has 4 heterocycles. The molecule has 0 bridgehead atoms. The number of thiophene rings is 1. The third kappa shape index (κ3) is 4.59. The van der Waals surface area contributed by atoms with E-state index in [9.17, 15) is 4.79 Å². The molecule has 2 aromatic heterocycles. The molecule has 0 amide bonds. The van der Waals surface area contributed by atoms with Gasteiger partial charge in [-0.1, -0.05) is 60.7 Å². The van der Waals surface area contributed by atoms with Crippen molar-refractivity contribution in [3.63, 3.8) is 0 Å². The summed E-state index contributed by atoms with van der Waals surface area (Å²) in [6.07, 6.45) is 0.738. The Hall–Kier alpha value is -3.00. The lowest BCUT2D eigenvalue weighted by atomic mass is 9.94. The Morgan fingerprint density at radius 3 is 2.22 bits per heavy atom. The van der Waals surface area contributed by atoms with Crippen molar-refractivity contribution >= 4 is 27.5 Å². The Morgan fingerprint density at radius 1 is 0.917 bits per heavy atom. The maximum absolute atomic E-state index is 14.1. The van der Waals surface area contributed by atoms with Gasteiger partial charge in [-0.2, -0.15) is 0 Å². The highest BCUT2D eigenvalue weighted by Gasteiger charge is 2.32. The lowest BCUT2D eigenvalue weighted by molar-refractivity contribution is -0.0379. The Balaban J connectivity index is 1.36. The van der Waals surface area contributed by atoms with Gasteiger partial charge in [0.15, 0.2) is 0 Å². The van der Waals surface area contributed by atoms with E-state index in [0.29, 0.717) is 13.2 Å². The predicted molar refractivity (Wildman–Crippen MR) is 146 cm³/mol. The first-order chi connectivity index (χ1) is 17.5. The van der Waals surface area contributed by atoms with Crippen molar-refractivity contribution in [2.75, 3.05) is 31.1 Å². The minimum absolute atomic E-state index is 0.0702.